The van der Waals surface area contributed by atoms with Crippen LogP contribution in [-0.4, -0.2) is 74.0 Å². The van der Waals surface area contributed by atoms with Crippen LogP contribution in [0.1, 0.15) is 13.8 Å². The van der Waals surface area contributed by atoms with Gasteiger partial charge in [-0.05, 0) is 0 Å². The zero-order chi connectivity index (χ0) is 15.7. The summed E-state index contributed by atoms with van der Waals surface area (Å²) in [7, 11) is 2.67. The zero-order valence-corrected chi connectivity index (χ0v) is 12.1. The largest absolute Gasteiger partial charge is 0.463 e. The van der Waals surface area contributed by atoms with Crippen LogP contribution in [0.4, 0.5) is 0 Å². The summed E-state index contributed by atoms with van der Waals surface area (Å²) in [6.45, 7) is 1.68. The molecular weight excluding hydrogens is 272 g/mol. The molecule has 0 fully saturated rings. The molecule has 0 saturated carbocycles. The molecule has 0 aliphatic rings. The fourth-order valence-electron chi connectivity index (χ4n) is 1.65. The smallest absolute Gasteiger partial charge is 0.303 e. The lowest BCUT2D eigenvalue weighted by Gasteiger charge is -2.31. The van der Waals surface area contributed by atoms with Crippen LogP contribution in [-0.2, 0) is 28.5 Å². The molecule has 0 radical (unpaired) electrons. The molecule has 0 aromatic rings. The van der Waals surface area contributed by atoms with Crippen LogP contribution in [0.5, 0.6) is 0 Å². The van der Waals surface area contributed by atoms with Crippen LogP contribution in [0.15, 0.2) is 0 Å². The lowest BCUT2D eigenvalue weighted by Crippen LogP contribution is -2.50. The Morgan fingerprint density at radius 1 is 1.05 bits per heavy atom. The van der Waals surface area contributed by atoms with Crippen molar-refractivity contribution in [2.45, 2.75) is 38.3 Å². The van der Waals surface area contributed by atoms with E-state index in [0.717, 1.165) is 6.92 Å². The minimum absolute atomic E-state index is 0.139. The number of carbonyl (C=O) groups excluding carboxylic acids is 2. The van der Waals surface area contributed by atoms with Gasteiger partial charge in [0.2, 0.25) is 0 Å². The summed E-state index contributed by atoms with van der Waals surface area (Å²) in [4.78, 5) is 21.7. The van der Waals surface area contributed by atoms with E-state index in [2.05, 4.69) is 0 Å². The van der Waals surface area contributed by atoms with Crippen LogP contribution in [0.2, 0.25) is 0 Å². The first-order valence-electron chi connectivity index (χ1n) is 6.02. The van der Waals surface area contributed by atoms with Gasteiger partial charge in [0.05, 0.1) is 6.61 Å². The molecule has 0 bridgehead atoms. The molecule has 0 aliphatic heterocycles. The van der Waals surface area contributed by atoms with Crippen LogP contribution in [0, 0.1) is 0 Å². The number of methoxy groups -OCH3 is 2. The van der Waals surface area contributed by atoms with Crippen LogP contribution in [0.25, 0.3) is 0 Å². The van der Waals surface area contributed by atoms with Crippen molar-refractivity contribution in [3.8, 4) is 0 Å². The molecule has 0 aromatic heterocycles. The number of hydrogen-bond donors (Lipinski definition) is 2. The molecular formula is C12H22O8. The normalized spacial score (nSPS) is 16.9. The molecule has 20 heavy (non-hydrogen) atoms. The van der Waals surface area contributed by atoms with Gasteiger partial charge in [0.15, 0.2) is 6.10 Å². The first-order valence-corrected chi connectivity index (χ1v) is 6.02. The number of aliphatic hydroxyl groups is 2. The first-order chi connectivity index (χ1) is 9.37. The molecule has 0 spiro atoms. The fourth-order valence-corrected chi connectivity index (χ4v) is 1.65. The van der Waals surface area contributed by atoms with E-state index in [0.29, 0.717) is 0 Å². The van der Waals surface area contributed by atoms with Crippen molar-refractivity contribution in [1.82, 2.24) is 0 Å². The lowest BCUT2D eigenvalue weighted by molar-refractivity contribution is -0.178. The lowest BCUT2D eigenvalue weighted by atomic mass is 10.0. The van der Waals surface area contributed by atoms with Crippen molar-refractivity contribution in [3.05, 3.63) is 0 Å². The molecule has 0 unspecified atom stereocenters. The molecule has 0 rings (SSSR count). The Balaban J connectivity index is 4.81. The van der Waals surface area contributed by atoms with E-state index in [9.17, 15) is 14.7 Å². The summed E-state index contributed by atoms with van der Waals surface area (Å²) in [6.07, 6.45) is -4.22. The predicted octanol–water partition coefficient (Wildman–Crippen LogP) is -1.14. The van der Waals surface area contributed by atoms with Crippen LogP contribution >= 0.6 is 0 Å². The van der Waals surface area contributed by atoms with Gasteiger partial charge in [-0.3, -0.25) is 9.59 Å². The van der Waals surface area contributed by atoms with E-state index in [1.165, 1.54) is 21.1 Å². The Bertz CT molecular complexity index is 306. The number of esters is 2. The summed E-state index contributed by atoms with van der Waals surface area (Å²) in [5.41, 5.74) is 0. The molecule has 4 atom stereocenters. The molecule has 2 N–H and O–H groups in total. The zero-order valence-electron chi connectivity index (χ0n) is 12.1. The topological polar surface area (TPSA) is 112 Å². The van der Waals surface area contributed by atoms with Gasteiger partial charge >= 0.3 is 11.9 Å². The minimum Gasteiger partial charge on any atom is -0.463 e. The van der Waals surface area contributed by atoms with E-state index in [1.807, 2.05) is 0 Å². The van der Waals surface area contributed by atoms with E-state index in [-0.39, 0.29) is 6.61 Å². The molecule has 0 amide bonds. The molecule has 8 heteroatoms. The molecule has 0 aliphatic carbocycles. The maximum Gasteiger partial charge on any atom is 0.303 e. The highest BCUT2D eigenvalue weighted by atomic mass is 16.6. The third-order valence-corrected chi connectivity index (χ3v) is 2.61. The molecule has 0 saturated heterocycles. The second kappa shape index (κ2) is 9.65. The number of hydrogen-bond acceptors (Lipinski definition) is 8. The van der Waals surface area contributed by atoms with E-state index in [1.54, 1.807) is 0 Å². The van der Waals surface area contributed by atoms with Crippen molar-refractivity contribution in [3.63, 3.8) is 0 Å². The van der Waals surface area contributed by atoms with Gasteiger partial charge in [-0.25, -0.2) is 0 Å². The number of aliphatic hydroxyl groups excluding tert-OH is 2. The third-order valence-electron chi connectivity index (χ3n) is 2.61. The Morgan fingerprint density at radius 3 is 2.00 bits per heavy atom. The van der Waals surface area contributed by atoms with Gasteiger partial charge in [-0.1, -0.05) is 0 Å². The van der Waals surface area contributed by atoms with E-state index < -0.39 is 43.0 Å². The highest BCUT2D eigenvalue weighted by Gasteiger charge is 2.36. The van der Waals surface area contributed by atoms with Gasteiger partial charge in [-0.15, -0.1) is 0 Å². The highest BCUT2D eigenvalue weighted by Crippen LogP contribution is 2.14. The number of ether oxygens (including phenoxy) is 4. The minimum atomic E-state index is -1.34. The van der Waals surface area contributed by atoms with Crippen molar-refractivity contribution in [1.29, 1.82) is 0 Å². The second-order valence-electron chi connectivity index (χ2n) is 4.10. The van der Waals surface area contributed by atoms with Crippen molar-refractivity contribution in [2.24, 2.45) is 0 Å². The highest BCUT2D eigenvalue weighted by molar-refractivity contribution is 5.66. The van der Waals surface area contributed by atoms with Gasteiger partial charge < -0.3 is 29.2 Å². The standard InChI is InChI=1S/C12H22O8/c1-7(14)19-6-10(17-3)12(18-4)11(16)9(5-13)20-8(2)15/h9-13,16H,5-6H2,1-4H3/t9-,10+,11+,12-/m0/s1. The van der Waals surface area contributed by atoms with Gasteiger partial charge in [-0.2, -0.15) is 0 Å². The van der Waals surface area contributed by atoms with Crippen molar-refractivity contribution >= 4 is 11.9 Å². The van der Waals surface area contributed by atoms with Crippen LogP contribution < -0.4 is 0 Å². The average Bonchev–Trinajstić information content (AvgIpc) is 2.39. The second-order valence-corrected chi connectivity index (χ2v) is 4.10. The Labute approximate surface area is 117 Å². The van der Waals surface area contributed by atoms with Crippen molar-refractivity contribution < 1.29 is 38.7 Å². The fraction of sp³-hybridized carbons (Fsp3) is 0.833. The van der Waals surface area contributed by atoms with Crippen LogP contribution in [0.3, 0.4) is 0 Å². The summed E-state index contributed by atoms with van der Waals surface area (Å²) < 4.78 is 19.8. The summed E-state index contributed by atoms with van der Waals surface area (Å²) in [5, 5.41) is 19.2. The maximum atomic E-state index is 10.9. The average molecular weight is 294 g/mol. The Morgan fingerprint density at radius 2 is 1.65 bits per heavy atom. The van der Waals surface area contributed by atoms with Crippen molar-refractivity contribution in [2.75, 3.05) is 27.4 Å². The van der Waals surface area contributed by atoms with E-state index in [4.69, 9.17) is 24.1 Å². The number of carbonyl (C=O) groups is 2. The third kappa shape index (κ3) is 6.29. The Hall–Kier alpha value is -1.22. The van der Waals surface area contributed by atoms with Gasteiger partial charge in [0.1, 0.15) is 24.9 Å². The summed E-state index contributed by atoms with van der Waals surface area (Å²) in [5.74, 6) is -1.15. The molecule has 118 valence electrons. The van der Waals surface area contributed by atoms with Gasteiger partial charge in [0, 0.05) is 28.1 Å². The maximum absolute atomic E-state index is 10.9. The molecule has 8 nitrogen and oxygen atoms in total. The predicted molar refractivity (Wildman–Crippen MR) is 66.9 cm³/mol. The van der Waals surface area contributed by atoms with E-state index >= 15 is 0 Å². The number of rotatable bonds is 9. The quantitative estimate of drug-likeness (QED) is 0.514. The molecule has 0 aromatic carbocycles. The SMILES string of the molecule is CO[C@H]([C@H](O)[C@H](CO)OC(C)=O)[C@@H](COC(C)=O)OC. The monoisotopic (exact) mass is 294 g/mol. The summed E-state index contributed by atoms with van der Waals surface area (Å²) in [6, 6.07) is 0. The first kappa shape index (κ1) is 18.8. The van der Waals surface area contributed by atoms with Gasteiger partial charge in [0.25, 0.3) is 0 Å². The molecule has 0 heterocycles. The Kier molecular flexibility index (Phi) is 9.06. The summed E-state index contributed by atoms with van der Waals surface area (Å²) >= 11 is 0.